The standard InChI is InChI=1S/C13H24O4/c1-5-12(14)16-8-10(3)7-11(4)9-17-13(15)6-2/h10-11H,5-9H2,1-4H3. The van der Waals surface area contributed by atoms with Crippen LogP contribution in [0.3, 0.4) is 0 Å². The van der Waals surface area contributed by atoms with Crippen LogP contribution in [0.15, 0.2) is 0 Å². The van der Waals surface area contributed by atoms with Crippen molar-refractivity contribution in [1.82, 2.24) is 0 Å². The maximum Gasteiger partial charge on any atom is 0.305 e. The number of esters is 2. The van der Waals surface area contributed by atoms with Crippen molar-refractivity contribution in [2.24, 2.45) is 11.8 Å². The normalized spacial score (nSPS) is 13.9. The van der Waals surface area contributed by atoms with E-state index >= 15 is 0 Å². The maximum absolute atomic E-state index is 11.0. The topological polar surface area (TPSA) is 52.6 Å². The molecule has 4 heteroatoms. The first-order chi connectivity index (χ1) is 7.99. The van der Waals surface area contributed by atoms with Gasteiger partial charge in [0.05, 0.1) is 13.2 Å². The molecule has 0 aromatic rings. The molecule has 0 rings (SSSR count). The van der Waals surface area contributed by atoms with Gasteiger partial charge >= 0.3 is 11.9 Å². The largest absolute Gasteiger partial charge is 0.465 e. The highest BCUT2D eigenvalue weighted by Crippen LogP contribution is 2.13. The van der Waals surface area contributed by atoms with Gasteiger partial charge in [-0.3, -0.25) is 9.59 Å². The van der Waals surface area contributed by atoms with E-state index in [0.717, 1.165) is 6.42 Å². The van der Waals surface area contributed by atoms with Gasteiger partial charge in [0.15, 0.2) is 0 Å². The highest BCUT2D eigenvalue weighted by molar-refractivity contribution is 5.69. The van der Waals surface area contributed by atoms with Crippen LogP contribution in [0.25, 0.3) is 0 Å². The molecule has 0 spiro atoms. The summed E-state index contributed by atoms with van der Waals surface area (Å²) in [5, 5.41) is 0. The molecule has 0 heterocycles. The second kappa shape index (κ2) is 9.02. The van der Waals surface area contributed by atoms with Crippen LogP contribution in [-0.4, -0.2) is 25.2 Å². The van der Waals surface area contributed by atoms with Crippen molar-refractivity contribution in [3.8, 4) is 0 Å². The number of ether oxygens (including phenoxy) is 2. The van der Waals surface area contributed by atoms with Crippen molar-refractivity contribution in [2.75, 3.05) is 13.2 Å². The van der Waals surface area contributed by atoms with Gasteiger partial charge in [-0.05, 0) is 18.3 Å². The molecule has 0 aliphatic rings. The monoisotopic (exact) mass is 244 g/mol. The van der Waals surface area contributed by atoms with Crippen molar-refractivity contribution in [3.05, 3.63) is 0 Å². The van der Waals surface area contributed by atoms with Gasteiger partial charge < -0.3 is 9.47 Å². The summed E-state index contributed by atoms with van der Waals surface area (Å²) in [6.07, 6.45) is 1.71. The lowest BCUT2D eigenvalue weighted by atomic mass is 9.99. The Morgan fingerprint density at radius 1 is 0.882 bits per heavy atom. The fraction of sp³-hybridized carbons (Fsp3) is 0.846. The molecule has 0 fully saturated rings. The van der Waals surface area contributed by atoms with Crippen LogP contribution in [0.5, 0.6) is 0 Å². The highest BCUT2D eigenvalue weighted by Gasteiger charge is 2.12. The quantitative estimate of drug-likeness (QED) is 0.616. The van der Waals surface area contributed by atoms with Gasteiger partial charge in [-0.1, -0.05) is 27.7 Å². The smallest absolute Gasteiger partial charge is 0.305 e. The lowest BCUT2D eigenvalue weighted by Crippen LogP contribution is -2.17. The average Bonchev–Trinajstić information content (AvgIpc) is 2.32. The molecule has 17 heavy (non-hydrogen) atoms. The third-order valence-corrected chi connectivity index (χ3v) is 2.44. The molecule has 100 valence electrons. The number of carbonyl (C=O) groups is 2. The Labute approximate surface area is 104 Å². The van der Waals surface area contributed by atoms with Gasteiger partial charge in [0.1, 0.15) is 0 Å². The van der Waals surface area contributed by atoms with Gasteiger partial charge in [-0.2, -0.15) is 0 Å². The molecule has 0 saturated heterocycles. The first-order valence-electron chi connectivity index (χ1n) is 6.30. The van der Waals surface area contributed by atoms with E-state index in [1.54, 1.807) is 13.8 Å². The first kappa shape index (κ1) is 15.9. The first-order valence-corrected chi connectivity index (χ1v) is 6.30. The Kier molecular flexibility index (Phi) is 8.46. The third kappa shape index (κ3) is 8.72. The summed E-state index contributed by atoms with van der Waals surface area (Å²) >= 11 is 0. The lowest BCUT2D eigenvalue weighted by Gasteiger charge is -2.17. The Hall–Kier alpha value is -1.06. The zero-order chi connectivity index (χ0) is 13.3. The molecular formula is C13H24O4. The second-order valence-electron chi connectivity index (χ2n) is 4.52. The van der Waals surface area contributed by atoms with Crippen LogP contribution in [0.1, 0.15) is 47.0 Å². The zero-order valence-corrected chi connectivity index (χ0v) is 11.3. The van der Waals surface area contributed by atoms with E-state index < -0.39 is 0 Å². The van der Waals surface area contributed by atoms with Gasteiger partial charge in [0, 0.05) is 12.8 Å². The Bertz CT molecular complexity index is 214. The summed E-state index contributed by atoms with van der Waals surface area (Å²) in [4.78, 5) is 21.9. The lowest BCUT2D eigenvalue weighted by molar-refractivity contribution is -0.145. The average molecular weight is 244 g/mol. The molecule has 0 radical (unpaired) electrons. The zero-order valence-electron chi connectivity index (χ0n) is 11.3. The molecule has 0 aliphatic carbocycles. The predicted molar refractivity (Wildman–Crippen MR) is 65.4 cm³/mol. The summed E-state index contributed by atoms with van der Waals surface area (Å²) in [5.74, 6) is 0.255. The van der Waals surface area contributed by atoms with Crippen LogP contribution >= 0.6 is 0 Å². The third-order valence-electron chi connectivity index (χ3n) is 2.44. The van der Waals surface area contributed by atoms with Crippen LogP contribution in [0.4, 0.5) is 0 Å². The Morgan fingerprint density at radius 2 is 1.24 bits per heavy atom. The maximum atomic E-state index is 11.0. The Balaban J connectivity index is 3.68. The minimum absolute atomic E-state index is 0.165. The van der Waals surface area contributed by atoms with Crippen LogP contribution in [0, 0.1) is 11.8 Å². The summed E-state index contributed by atoms with van der Waals surface area (Å²) < 4.78 is 10.1. The van der Waals surface area contributed by atoms with Crippen molar-refractivity contribution in [3.63, 3.8) is 0 Å². The molecular weight excluding hydrogens is 220 g/mol. The molecule has 0 amide bonds. The predicted octanol–water partition coefficient (Wildman–Crippen LogP) is 2.56. The van der Waals surface area contributed by atoms with E-state index in [2.05, 4.69) is 0 Å². The minimum Gasteiger partial charge on any atom is -0.465 e. The van der Waals surface area contributed by atoms with Crippen LogP contribution < -0.4 is 0 Å². The number of carbonyl (C=O) groups excluding carboxylic acids is 2. The fourth-order valence-electron chi connectivity index (χ4n) is 1.50. The minimum atomic E-state index is -0.165. The van der Waals surface area contributed by atoms with Crippen molar-refractivity contribution >= 4 is 11.9 Å². The van der Waals surface area contributed by atoms with Gasteiger partial charge in [-0.15, -0.1) is 0 Å². The molecule has 0 bridgehead atoms. The summed E-state index contributed by atoms with van der Waals surface area (Å²) in [7, 11) is 0. The molecule has 0 aromatic heterocycles. The van der Waals surface area contributed by atoms with Crippen molar-refractivity contribution in [1.29, 1.82) is 0 Å². The molecule has 2 unspecified atom stereocenters. The van der Waals surface area contributed by atoms with Crippen molar-refractivity contribution < 1.29 is 19.1 Å². The molecule has 2 atom stereocenters. The van der Waals surface area contributed by atoms with Gasteiger partial charge in [-0.25, -0.2) is 0 Å². The SMILES string of the molecule is CCC(=O)OCC(C)CC(C)COC(=O)CC. The number of rotatable bonds is 8. The second-order valence-corrected chi connectivity index (χ2v) is 4.52. The van der Waals surface area contributed by atoms with E-state index in [4.69, 9.17) is 9.47 Å². The van der Waals surface area contributed by atoms with Crippen LogP contribution in [0.2, 0.25) is 0 Å². The van der Waals surface area contributed by atoms with Crippen LogP contribution in [-0.2, 0) is 19.1 Å². The Morgan fingerprint density at radius 3 is 1.53 bits per heavy atom. The van der Waals surface area contributed by atoms with Gasteiger partial charge in [0.25, 0.3) is 0 Å². The summed E-state index contributed by atoms with van der Waals surface area (Å²) in [5.41, 5.74) is 0. The summed E-state index contributed by atoms with van der Waals surface area (Å²) in [6.45, 7) is 8.50. The molecule has 0 aromatic carbocycles. The fourth-order valence-corrected chi connectivity index (χ4v) is 1.50. The molecule has 0 N–H and O–H groups in total. The highest BCUT2D eigenvalue weighted by atomic mass is 16.5. The molecule has 0 saturated carbocycles. The van der Waals surface area contributed by atoms with Crippen molar-refractivity contribution in [2.45, 2.75) is 47.0 Å². The molecule has 0 aliphatic heterocycles. The number of hydrogen-bond donors (Lipinski definition) is 0. The summed E-state index contributed by atoms with van der Waals surface area (Å²) in [6, 6.07) is 0. The molecule has 4 nitrogen and oxygen atoms in total. The van der Waals surface area contributed by atoms with Gasteiger partial charge in [0.2, 0.25) is 0 Å². The van der Waals surface area contributed by atoms with E-state index in [9.17, 15) is 9.59 Å². The van der Waals surface area contributed by atoms with E-state index in [-0.39, 0.29) is 11.9 Å². The number of hydrogen-bond acceptors (Lipinski definition) is 4. The van der Waals surface area contributed by atoms with E-state index in [0.29, 0.717) is 37.9 Å². The van der Waals surface area contributed by atoms with E-state index in [1.807, 2.05) is 13.8 Å². The van der Waals surface area contributed by atoms with E-state index in [1.165, 1.54) is 0 Å².